The van der Waals surface area contributed by atoms with Crippen molar-refractivity contribution in [3.63, 3.8) is 0 Å². The van der Waals surface area contributed by atoms with Crippen molar-refractivity contribution in [2.45, 2.75) is 32.6 Å². The number of ketones is 1. The zero-order valence-electron chi connectivity index (χ0n) is 12.1. The molecule has 2 aromatic rings. The molecule has 1 unspecified atom stereocenters. The summed E-state index contributed by atoms with van der Waals surface area (Å²) in [6.45, 7) is 7.81. The van der Waals surface area contributed by atoms with Crippen LogP contribution in [0.15, 0.2) is 29.2 Å². The zero-order valence-corrected chi connectivity index (χ0v) is 13.8. The summed E-state index contributed by atoms with van der Waals surface area (Å²) in [5, 5.41) is 0. The third-order valence-electron chi connectivity index (χ3n) is 3.19. The van der Waals surface area contributed by atoms with Gasteiger partial charge in [0.15, 0.2) is 5.78 Å². The lowest BCUT2D eigenvalue weighted by Crippen LogP contribution is -2.12. The van der Waals surface area contributed by atoms with Gasteiger partial charge in [0.1, 0.15) is 0 Å². The van der Waals surface area contributed by atoms with Crippen molar-refractivity contribution in [2.75, 3.05) is 5.75 Å². The normalized spacial score (nSPS) is 12.4. The molecule has 0 fully saturated rings. The van der Waals surface area contributed by atoms with Crippen LogP contribution in [0.4, 0.5) is 0 Å². The predicted octanol–water partition coefficient (Wildman–Crippen LogP) is 3.97. The molecular weight excluding hydrogens is 288 g/mol. The molecule has 0 saturated heterocycles. The van der Waals surface area contributed by atoms with Gasteiger partial charge in [-0.2, -0.15) is 0 Å². The molecule has 2 rings (SSSR count). The van der Waals surface area contributed by atoms with Gasteiger partial charge in [-0.25, -0.2) is 0 Å². The Morgan fingerprint density at radius 2 is 1.85 bits per heavy atom. The van der Waals surface area contributed by atoms with Gasteiger partial charge in [0.25, 0.3) is 0 Å². The number of carbonyl (C=O) groups is 1. The molecule has 0 N–H and O–H groups in total. The van der Waals surface area contributed by atoms with Crippen molar-refractivity contribution < 1.29 is 9.00 Å². The van der Waals surface area contributed by atoms with E-state index in [0.717, 1.165) is 25.8 Å². The van der Waals surface area contributed by atoms with Crippen LogP contribution >= 0.6 is 11.3 Å². The van der Waals surface area contributed by atoms with Gasteiger partial charge >= 0.3 is 0 Å². The summed E-state index contributed by atoms with van der Waals surface area (Å²) in [5.74, 6) is 0.0208. The summed E-state index contributed by atoms with van der Waals surface area (Å²) in [5.41, 5.74) is 2.75. The molecule has 0 aliphatic heterocycles. The van der Waals surface area contributed by atoms with Crippen molar-refractivity contribution in [1.82, 2.24) is 0 Å². The van der Waals surface area contributed by atoms with Crippen LogP contribution in [0.5, 0.6) is 0 Å². The summed E-state index contributed by atoms with van der Waals surface area (Å²) in [6, 6.07) is 7.74. The maximum atomic E-state index is 12.4. The number of thiophene rings is 1. The van der Waals surface area contributed by atoms with Gasteiger partial charge in [-0.15, -0.1) is 11.3 Å². The molecule has 0 amide bonds. The second-order valence-electron chi connectivity index (χ2n) is 5.01. The maximum absolute atomic E-state index is 12.4. The highest BCUT2D eigenvalue weighted by Gasteiger charge is 2.17. The molecule has 106 valence electrons. The lowest BCUT2D eigenvalue weighted by molar-refractivity contribution is 0.102. The number of rotatable bonds is 4. The predicted molar refractivity (Wildman–Crippen MR) is 85.3 cm³/mol. The van der Waals surface area contributed by atoms with Crippen molar-refractivity contribution >= 4 is 27.9 Å². The third-order valence-corrected chi connectivity index (χ3v) is 5.61. The summed E-state index contributed by atoms with van der Waals surface area (Å²) in [4.78, 5) is 15.2. The van der Waals surface area contributed by atoms with Crippen molar-refractivity contribution in [3.05, 3.63) is 50.7 Å². The van der Waals surface area contributed by atoms with Crippen LogP contribution < -0.4 is 0 Å². The van der Waals surface area contributed by atoms with Gasteiger partial charge < -0.3 is 0 Å². The summed E-state index contributed by atoms with van der Waals surface area (Å²) >= 11 is 1.61. The molecule has 0 bridgehead atoms. The molecular formula is C16H18O2S2. The number of carbonyl (C=O) groups excluding carboxylic acids is 1. The average Bonchev–Trinajstić information content (AvgIpc) is 2.71. The molecule has 1 aromatic heterocycles. The topological polar surface area (TPSA) is 34.1 Å². The largest absolute Gasteiger partial charge is 0.293 e. The SMILES string of the molecule is Cc1ccc(C)c(S(=O)CC(=O)c2cc(C)sc2C)c1. The number of aryl methyl sites for hydroxylation is 4. The second kappa shape index (κ2) is 6.02. The summed E-state index contributed by atoms with van der Waals surface area (Å²) in [6.07, 6.45) is 0. The van der Waals surface area contributed by atoms with E-state index in [1.807, 2.05) is 52.0 Å². The van der Waals surface area contributed by atoms with E-state index >= 15 is 0 Å². The number of Topliss-reactive ketones (excluding diaryl/α,β-unsaturated/α-hetero) is 1. The summed E-state index contributed by atoms with van der Waals surface area (Å²) < 4.78 is 12.4. The third kappa shape index (κ3) is 3.25. The van der Waals surface area contributed by atoms with Crippen LogP contribution in [0.25, 0.3) is 0 Å². The number of benzene rings is 1. The smallest absolute Gasteiger partial charge is 0.176 e. The first-order chi connectivity index (χ1) is 9.38. The molecule has 20 heavy (non-hydrogen) atoms. The first-order valence-electron chi connectivity index (χ1n) is 6.44. The summed E-state index contributed by atoms with van der Waals surface area (Å²) in [7, 11) is -1.28. The van der Waals surface area contributed by atoms with Gasteiger partial charge in [0.05, 0.1) is 16.6 Å². The quantitative estimate of drug-likeness (QED) is 0.801. The fraction of sp³-hybridized carbons (Fsp3) is 0.312. The highest BCUT2D eigenvalue weighted by molar-refractivity contribution is 7.85. The fourth-order valence-electron chi connectivity index (χ4n) is 2.13. The minimum Gasteiger partial charge on any atom is -0.293 e. The van der Waals surface area contributed by atoms with Gasteiger partial charge in [-0.05, 0) is 51.0 Å². The second-order valence-corrected chi connectivity index (χ2v) is 7.89. The zero-order chi connectivity index (χ0) is 14.9. The van der Waals surface area contributed by atoms with Gasteiger partial charge in [-0.1, -0.05) is 12.1 Å². The molecule has 1 atom stereocenters. The standard InChI is InChI=1S/C16H18O2S2/c1-10-5-6-11(2)16(7-10)20(18)9-15(17)14-8-12(3)19-13(14)4/h5-8H,9H2,1-4H3. The van der Waals surface area contributed by atoms with E-state index in [2.05, 4.69) is 0 Å². The average molecular weight is 306 g/mol. The highest BCUT2D eigenvalue weighted by Crippen LogP contribution is 2.22. The van der Waals surface area contributed by atoms with Crippen LogP contribution in [0.1, 0.15) is 31.2 Å². The first kappa shape index (κ1) is 15.1. The van der Waals surface area contributed by atoms with Crippen molar-refractivity contribution in [1.29, 1.82) is 0 Å². The Balaban J connectivity index is 2.21. The lowest BCUT2D eigenvalue weighted by Gasteiger charge is -2.06. The van der Waals surface area contributed by atoms with E-state index in [9.17, 15) is 9.00 Å². The van der Waals surface area contributed by atoms with E-state index in [1.165, 1.54) is 0 Å². The molecule has 0 spiro atoms. The lowest BCUT2D eigenvalue weighted by atomic mass is 10.2. The number of hydrogen-bond acceptors (Lipinski definition) is 3. The Morgan fingerprint density at radius 1 is 1.15 bits per heavy atom. The van der Waals surface area contributed by atoms with E-state index in [-0.39, 0.29) is 11.5 Å². The Bertz CT molecular complexity index is 684. The Labute approximate surface area is 126 Å². The van der Waals surface area contributed by atoms with E-state index in [1.54, 1.807) is 11.3 Å². The van der Waals surface area contributed by atoms with Crippen molar-refractivity contribution in [3.8, 4) is 0 Å². The Kier molecular flexibility index (Phi) is 4.55. The van der Waals surface area contributed by atoms with Crippen LogP contribution in [0.3, 0.4) is 0 Å². The van der Waals surface area contributed by atoms with Crippen molar-refractivity contribution in [2.24, 2.45) is 0 Å². The van der Waals surface area contributed by atoms with E-state index in [4.69, 9.17) is 0 Å². The molecule has 0 radical (unpaired) electrons. The Hall–Kier alpha value is -1.26. The molecule has 2 nitrogen and oxygen atoms in total. The van der Waals surface area contributed by atoms with Gasteiger partial charge in [0, 0.05) is 20.2 Å². The van der Waals surface area contributed by atoms with Gasteiger partial charge in [-0.3, -0.25) is 9.00 Å². The monoisotopic (exact) mass is 306 g/mol. The fourth-order valence-corrected chi connectivity index (χ4v) is 4.37. The maximum Gasteiger partial charge on any atom is 0.176 e. The van der Waals surface area contributed by atoms with Crippen LogP contribution in [-0.2, 0) is 10.8 Å². The first-order valence-corrected chi connectivity index (χ1v) is 8.58. The molecule has 0 aliphatic carbocycles. The molecule has 1 aromatic carbocycles. The van der Waals surface area contributed by atoms with E-state index < -0.39 is 10.8 Å². The van der Waals surface area contributed by atoms with Crippen LogP contribution in [0.2, 0.25) is 0 Å². The highest BCUT2D eigenvalue weighted by atomic mass is 32.2. The minimum absolute atomic E-state index is 0.0360. The molecule has 1 heterocycles. The number of hydrogen-bond donors (Lipinski definition) is 0. The minimum atomic E-state index is -1.28. The Morgan fingerprint density at radius 3 is 2.45 bits per heavy atom. The molecule has 4 heteroatoms. The molecule has 0 aliphatic rings. The van der Waals surface area contributed by atoms with Gasteiger partial charge in [0.2, 0.25) is 0 Å². The van der Waals surface area contributed by atoms with Crippen LogP contribution in [-0.4, -0.2) is 15.7 Å². The van der Waals surface area contributed by atoms with E-state index in [0.29, 0.717) is 5.56 Å². The molecule has 0 saturated carbocycles. The van der Waals surface area contributed by atoms with Crippen LogP contribution in [0, 0.1) is 27.7 Å².